The average molecular weight is 1410 g/mol. The molecule has 0 aliphatic heterocycles. The van der Waals surface area contributed by atoms with Crippen LogP contribution in [0.1, 0.15) is 79.1 Å². The van der Waals surface area contributed by atoms with Crippen molar-refractivity contribution in [3.05, 3.63) is 359 Å². The minimum atomic E-state index is -0.731. The number of halogens is 2. The molecular formula is C80H62Cl2N8O13. The van der Waals surface area contributed by atoms with Gasteiger partial charge in [0, 0.05) is 58.4 Å². The summed E-state index contributed by atoms with van der Waals surface area (Å²) in [7, 11) is 0. The standard InChI is InChI=1S/C20H15NO2.C18H14Cl2N2O4.C16H12N2O2.C16H13NO3.C10H8N2O2/c22-20(18-14-8-3-9-15-18)23-21-19(16-10-4-1-5-11-16)17-12-6-2-7-13-17;19-11-15(23)25-21-17(13-7-3-1-4-8-13)18(22-26-16(24)12-20)14-9-5-2-6-10-14;17-12-15(14-9-5-2-6-10-14)18-20-16(19)11-13-7-3-1-4-8-13;1-12(18)20-17-15(13-8-4-2-5-9-13)16(19)14-10-6-3-7-11-14;1-8(13)14-12-10(7-11)9-5-3-2-4-6-9/h1-15H;1-10H,11-12H2;1-10H,11H2;2-11H,1H3;2-6H,1H3/b;21-17-,22-18-;18-15+;17-15-;12-10+. The number of rotatable bonds is 21. The SMILES string of the molecule is CC(=O)O/N=C(\C#N)c1ccccc1.CC(=O)O/N=C(\C(=O)c1ccccc1)c1ccccc1.N#C/C(=N\OC(=O)Cc1ccccc1)c1ccccc1.O=C(CCl)O/N=C(\C(=N/OC(=O)CCl)c1ccccc1)c1ccccc1.O=C(ON=C(c1ccccc1)c1ccccc1)c1ccccc1. The first-order valence-electron chi connectivity index (χ1n) is 30.8. The number of hydrogen-bond acceptors (Lipinski definition) is 21. The molecule has 0 amide bonds. The second-order valence-corrected chi connectivity index (χ2v) is 20.9. The van der Waals surface area contributed by atoms with Gasteiger partial charge in [-0.05, 0) is 17.7 Å². The maximum absolute atomic E-state index is 12.4. The van der Waals surface area contributed by atoms with Gasteiger partial charge in [0.15, 0.2) is 17.1 Å². The average Bonchev–Trinajstić information content (AvgIpc) is 0.840. The first-order chi connectivity index (χ1) is 50.2. The number of carbonyl (C=O) groups excluding carboxylic acids is 7. The third kappa shape index (κ3) is 28.3. The molecule has 0 heterocycles. The lowest BCUT2D eigenvalue weighted by atomic mass is 10.00. The predicted octanol–water partition coefficient (Wildman–Crippen LogP) is 14.7. The van der Waals surface area contributed by atoms with Crippen LogP contribution in [0.25, 0.3) is 0 Å². The van der Waals surface area contributed by atoms with Crippen LogP contribution in [0.4, 0.5) is 0 Å². The van der Waals surface area contributed by atoms with Crippen LogP contribution >= 0.6 is 23.2 Å². The number of alkyl halides is 2. The molecule has 0 aliphatic carbocycles. The van der Waals surface area contributed by atoms with Gasteiger partial charge in [0.25, 0.3) is 0 Å². The Kier molecular flexibility index (Phi) is 34.2. The Hall–Kier alpha value is -13.7. The first kappa shape index (κ1) is 78.3. The molecule has 0 saturated carbocycles. The number of nitrogens with zero attached hydrogens (tertiary/aromatic N) is 8. The van der Waals surface area contributed by atoms with Crippen LogP contribution in [0.2, 0.25) is 0 Å². The second-order valence-electron chi connectivity index (χ2n) is 20.4. The molecule has 0 saturated heterocycles. The summed E-state index contributed by atoms with van der Waals surface area (Å²) < 4.78 is 0. The van der Waals surface area contributed by atoms with Gasteiger partial charge in [-0.25, -0.2) is 28.8 Å². The van der Waals surface area contributed by atoms with E-state index in [1.807, 2.05) is 146 Å². The summed E-state index contributed by atoms with van der Waals surface area (Å²) in [5.74, 6) is -4.56. The normalized spacial score (nSPS) is 10.8. The summed E-state index contributed by atoms with van der Waals surface area (Å²) in [5.41, 5.74) is 7.87. The quantitative estimate of drug-likeness (QED) is 0.0212. The minimum absolute atomic E-state index is 0.0759. The van der Waals surface area contributed by atoms with Crippen molar-refractivity contribution in [1.82, 2.24) is 0 Å². The molecule has 0 spiro atoms. The van der Waals surface area contributed by atoms with Crippen molar-refractivity contribution in [2.75, 3.05) is 11.8 Å². The zero-order chi connectivity index (χ0) is 73.7. The Morgan fingerprint density at radius 3 is 0.913 bits per heavy atom. The van der Waals surface area contributed by atoms with Gasteiger partial charge in [-0.2, -0.15) is 10.5 Å². The third-order valence-electron chi connectivity index (χ3n) is 12.9. The highest BCUT2D eigenvalue weighted by Crippen LogP contribution is 2.16. The molecule has 0 aliphatic rings. The first-order valence-corrected chi connectivity index (χ1v) is 31.9. The zero-order valence-corrected chi connectivity index (χ0v) is 56.6. The van der Waals surface area contributed by atoms with Crippen molar-refractivity contribution in [2.24, 2.45) is 30.9 Å². The molecule has 0 fully saturated rings. The monoisotopic (exact) mass is 1410 g/mol. The highest BCUT2D eigenvalue weighted by Gasteiger charge is 2.20. The van der Waals surface area contributed by atoms with Crippen LogP contribution in [0, 0.1) is 22.7 Å². The summed E-state index contributed by atoms with van der Waals surface area (Å²) in [4.78, 5) is 109. The minimum Gasteiger partial charge on any atom is -0.318 e. The molecule has 514 valence electrons. The van der Waals surface area contributed by atoms with Crippen LogP contribution in [-0.2, 0) is 59.4 Å². The van der Waals surface area contributed by atoms with Crippen molar-refractivity contribution in [1.29, 1.82) is 10.5 Å². The van der Waals surface area contributed by atoms with Crippen molar-refractivity contribution >= 4 is 99.1 Å². The number of ketones is 1. The van der Waals surface area contributed by atoms with Crippen molar-refractivity contribution in [2.45, 2.75) is 20.3 Å². The van der Waals surface area contributed by atoms with Gasteiger partial charge in [0.2, 0.25) is 5.78 Å². The van der Waals surface area contributed by atoms with Crippen molar-refractivity contribution in [3.63, 3.8) is 0 Å². The van der Waals surface area contributed by atoms with Gasteiger partial charge in [-0.15, -0.1) is 23.2 Å². The van der Waals surface area contributed by atoms with E-state index in [0.717, 1.165) is 16.7 Å². The molecule has 0 radical (unpaired) electrons. The Bertz CT molecular complexity index is 4540. The molecule has 10 aromatic carbocycles. The fourth-order valence-electron chi connectivity index (χ4n) is 8.20. The largest absolute Gasteiger partial charge is 0.365 e. The predicted molar refractivity (Wildman–Crippen MR) is 391 cm³/mol. The second kappa shape index (κ2) is 45.0. The van der Waals surface area contributed by atoms with Crippen LogP contribution in [0.3, 0.4) is 0 Å². The molecular weight excluding hydrogens is 1350 g/mol. The van der Waals surface area contributed by atoms with E-state index < -0.39 is 35.8 Å². The van der Waals surface area contributed by atoms with E-state index in [4.69, 9.17) is 53.1 Å². The summed E-state index contributed by atoms with van der Waals surface area (Å²) in [6, 6.07) is 94.1. The molecule has 103 heavy (non-hydrogen) atoms. The van der Waals surface area contributed by atoms with Gasteiger partial charge < -0.3 is 29.0 Å². The molecule has 0 N–H and O–H groups in total. The van der Waals surface area contributed by atoms with Gasteiger partial charge in [0.1, 0.15) is 41.0 Å². The Balaban J connectivity index is 0.000000205. The molecule has 21 nitrogen and oxygen atoms in total. The lowest BCUT2D eigenvalue weighted by molar-refractivity contribution is -0.143. The van der Waals surface area contributed by atoms with Gasteiger partial charge >= 0.3 is 35.8 Å². The highest BCUT2D eigenvalue weighted by molar-refractivity contribution is 6.53. The summed E-state index contributed by atoms with van der Waals surface area (Å²) in [6.45, 7) is 2.46. The summed E-state index contributed by atoms with van der Waals surface area (Å²) >= 11 is 10.9. The zero-order valence-electron chi connectivity index (χ0n) is 55.1. The maximum Gasteiger partial charge on any atom is 0.365 e. The van der Waals surface area contributed by atoms with Crippen molar-refractivity contribution < 1.29 is 62.6 Å². The van der Waals surface area contributed by atoms with E-state index in [2.05, 4.69) is 40.6 Å². The van der Waals surface area contributed by atoms with Crippen LogP contribution in [-0.4, -0.2) is 87.6 Å². The van der Waals surface area contributed by atoms with Crippen LogP contribution in [0.5, 0.6) is 0 Å². The Morgan fingerprint density at radius 1 is 0.301 bits per heavy atom. The molecule has 10 aromatic rings. The topological polar surface area (TPSA) is 297 Å². The smallest absolute Gasteiger partial charge is 0.318 e. The van der Waals surface area contributed by atoms with Gasteiger partial charge in [-0.1, -0.05) is 322 Å². The molecule has 0 atom stereocenters. The lowest BCUT2D eigenvalue weighted by Crippen LogP contribution is -2.20. The van der Waals surface area contributed by atoms with E-state index in [-0.39, 0.29) is 52.5 Å². The van der Waals surface area contributed by atoms with Crippen LogP contribution in [0.15, 0.2) is 334 Å². The molecule has 23 heteroatoms. The molecule has 0 unspecified atom stereocenters. The van der Waals surface area contributed by atoms with E-state index in [1.54, 1.807) is 170 Å². The van der Waals surface area contributed by atoms with E-state index in [9.17, 15) is 33.6 Å². The number of hydrogen-bond donors (Lipinski definition) is 0. The third-order valence-corrected chi connectivity index (χ3v) is 13.3. The van der Waals surface area contributed by atoms with Crippen LogP contribution < -0.4 is 0 Å². The van der Waals surface area contributed by atoms with Crippen molar-refractivity contribution in [3.8, 4) is 12.1 Å². The molecule has 10 rings (SSSR count). The fourth-order valence-corrected chi connectivity index (χ4v) is 8.30. The highest BCUT2D eigenvalue weighted by atomic mass is 35.5. The Labute approximate surface area is 603 Å². The van der Waals surface area contributed by atoms with E-state index in [0.29, 0.717) is 44.7 Å². The summed E-state index contributed by atoms with van der Waals surface area (Å²) in [6.07, 6.45) is 0.123. The number of nitriles is 2. The van der Waals surface area contributed by atoms with Gasteiger partial charge in [0.05, 0.1) is 12.0 Å². The number of carbonyl (C=O) groups is 7. The van der Waals surface area contributed by atoms with E-state index in [1.165, 1.54) is 13.8 Å². The maximum atomic E-state index is 12.4. The lowest BCUT2D eigenvalue weighted by Gasteiger charge is -2.09. The van der Waals surface area contributed by atoms with Gasteiger partial charge in [-0.3, -0.25) is 4.79 Å². The molecule has 0 aromatic heterocycles. The molecule has 0 bridgehead atoms. The summed E-state index contributed by atoms with van der Waals surface area (Å²) in [5, 5.41) is 40.3. The number of Topliss-reactive ketones (excluding diaryl/α,β-unsaturated/α-hetero) is 1. The fraction of sp³-hybridized carbons (Fsp3) is 0.0625. The number of oxime groups is 6. The number of benzene rings is 10. The van der Waals surface area contributed by atoms with E-state index >= 15 is 0 Å². The Morgan fingerprint density at radius 2 is 0.573 bits per heavy atom.